The first-order valence-electron chi connectivity index (χ1n) is 5.95. The van der Waals surface area contributed by atoms with Crippen molar-refractivity contribution in [3.63, 3.8) is 0 Å². The summed E-state index contributed by atoms with van der Waals surface area (Å²) < 4.78 is 2.08. The molecule has 0 atom stereocenters. The van der Waals surface area contributed by atoms with Crippen molar-refractivity contribution in [2.45, 2.75) is 13.0 Å². The Hall–Kier alpha value is -2.29. The first-order chi connectivity index (χ1) is 8.77. The van der Waals surface area contributed by atoms with E-state index in [1.807, 2.05) is 36.4 Å². The summed E-state index contributed by atoms with van der Waals surface area (Å²) in [7, 11) is 0. The molecule has 3 nitrogen and oxygen atoms in total. The van der Waals surface area contributed by atoms with E-state index in [0.29, 0.717) is 6.54 Å². The Balaban J connectivity index is 0.00000133. The van der Waals surface area contributed by atoms with Crippen molar-refractivity contribution in [2.75, 3.05) is 0 Å². The van der Waals surface area contributed by atoms with Crippen LogP contribution in [0.2, 0.25) is 0 Å². The minimum Gasteiger partial charge on any atom is -0.481 e. The zero-order chi connectivity index (χ0) is 12.5. The van der Waals surface area contributed by atoms with Gasteiger partial charge in [-0.1, -0.05) is 36.4 Å². The number of aliphatic carboxylic acids is 1. The van der Waals surface area contributed by atoms with E-state index in [4.69, 9.17) is 5.11 Å². The lowest BCUT2D eigenvalue weighted by Gasteiger charge is -2.04. The van der Waals surface area contributed by atoms with Gasteiger partial charge in [-0.2, -0.15) is 0 Å². The van der Waals surface area contributed by atoms with E-state index in [0.717, 1.165) is 11.0 Å². The van der Waals surface area contributed by atoms with Gasteiger partial charge in [0.25, 0.3) is 0 Å². The summed E-state index contributed by atoms with van der Waals surface area (Å²) in [4.78, 5) is 10.8. The topological polar surface area (TPSA) is 42.2 Å². The Morgan fingerprint density at radius 1 is 1.00 bits per heavy atom. The molecule has 0 fully saturated rings. The van der Waals surface area contributed by atoms with Crippen molar-refractivity contribution in [3.05, 3.63) is 48.5 Å². The van der Waals surface area contributed by atoms with Crippen LogP contribution in [0, 0.1) is 0 Å². The molecule has 2 aromatic carbocycles. The van der Waals surface area contributed by atoms with Crippen LogP contribution in [0.5, 0.6) is 0 Å². The monoisotopic (exact) mass is 240 g/mol. The first-order valence-corrected chi connectivity index (χ1v) is 5.95. The number of aryl methyl sites for hydroxylation is 1. The van der Waals surface area contributed by atoms with Crippen molar-refractivity contribution in [2.24, 2.45) is 0 Å². The number of carboxylic acid groups (broad SMARTS) is 1. The summed E-state index contributed by atoms with van der Waals surface area (Å²) in [5.41, 5.74) is 2.19. The molecule has 90 valence electrons. The van der Waals surface area contributed by atoms with E-state index in [-0.39, 0.29) is 7.85 Å². The molecule has 0 aliphatic carbocycles. The largest absolute Gasteiger partial charge is 1.00 e. The molecule has 0 saturated heterocycles. The van der Waals surface area contributed by atoms with Crippen molar-refractivity contribution < 1.29 is 11.3 Å². The fourth-order valence-electron chi connectivity index (χ4n) is 2.45. The summed E-state index contributed by atoms with van der Waals surface area (Å²) >= 11 is 0. The molecular weight excluding hydrogens is 226 g/mol. The lowest BCUT2D eigenvalue weighted by atomic mass is 10.2. The van der Waals surface area contributed by atoms with Gasteiger partial charge in [-0.15, -0.1) is 0 Å². The van der Waals surface area contributed by atoms with Gasteiger partial charge in [-0.25, -0.2) is 0 Å². The number of carbonyl (C=O) groups is 1. The molecule has 0 amide bonds. The van der Waals surface area contributed by atoms with Gasteiger partial charge >= 0.3 is 7.40 Å². The van der Waals surface area contributed by atoms with Crippen LogP contribution in [0.1, 0.15) is 7.85 Å². The Labute approximate surface area is 106 Å². The fourth-order valence-corrected chi connectivity index (χ4v) is 2.45. The zero-order valence-corrected chi connectivity index (χ0v) is 9.84. The van der Waals surface area contributed by atoms with Gasteiger partial charge in [0, 0.05) is 28.4 Å². The molecular formula is C15H14NO2+. The van der Waals surface area contributed by atoms with Gasteiger partial charge in [0.2, 0.25) is 0 Å². The SMILES string of the molecule is O=C(O)CCn1c2ccccc2c2ccccc21.[H+]. The first kappa shape index (κ1) is 10.8. The van der Waals surface area contributed by atoms with Crippen LogP contribution in [0.15, 0.2) is 48.5 Å². The van der Waals surface area contributed by atoms with Crippen LogP contribution in [0.25, 0.3) is 21.8 Å². The highest BCUT2D eigenvalue weighted by Gasteiger charge is 2.09. The molecule has 3 heteroatoms. The van der Waals surface area contributed by atoms with Gasteiger partial charge in [-0.3, -0.25) is 4.79 Å². The molecule has 1 N–H and O–H groups in total. The van der Waals surface area contributed by atoms with Gasteiger partial charge in [-0.05, 0) is 12.1 Å². The lowest BCUT2D eigenvalue weighted by molar-refractivity contribution is -0.137. The maximum atomic E-state index is 10.8. The average molecular weight is 240 g/mol. The van der Waals surface area contributed by atoms with Gasteiger partial charge < -0.3 is 9.67 Å². The normalized spacial score (nSPS) is 11.1. The van der Waals surface area contributed by atoms with E-state index in [1.165, 1.54) is 10.8 Å². The minimum absolute atomic E-state index is 0. The van der Waals surface area contributed by atoms with Crippen LogP contribution < -0.4 is 0 Å². The molecule has 0 unspecified atom stereocenters. The van der Waals surface area contributed by atoms with Crippen molar-refractivity contribution >= 4 is 27.8 Å². The van der Waals surface area contributed by atoms with Crippen LogP contribution >= 0.6 is 0 Å². The van der Waals surface area contributed by atoms with Crippen molar-refractivity contribution in [1.82, 2.24) is 4.57 Å². The maximum absolute atomic E-state index is 10.8. The Morgan fingerprint density at radius 3 is 2.00 bits per heavy atom. The zero-order valence-electron chi connectivity index (χ0n) is 10.8. The third-order valence-corrected chi connectivity index (χ3v) is 3.23. The molecule has 0 spiro atoms. The molecule has 0 saturated carbocycles. The van der Waals surface area contributed by atoms with Crippen LogP contribution in [-0.2, 0) is 11.3 Å². The molecule has 0 aliphatic heterocycles. The quantitative estimate of drug-likeness (QED) is 0.762. The number of carboxylic acids is 1. The number of fused-ring (bicyclic) bond motifs is 3. The molecule has 0 radical (unpaired) electrons. The predicted molar refractivity (Wildman–Crippen MR) is 72.8 cm³/mol. The number of hydrogen-bond donors (Lipinski definition) is 1. The summed E-state index contributed by atoms with van der Waals surface area (Å²) in [6, 6.07) is 16.2. The second-order valence-corrected chi connectivity index (χ2v) is 4.33. The highest BCUT2D eigenvalue weighted by Crippen LogP contribution is 2.28. The molecule has 3 rings (SSSR count). The smallest absolute Gasteiger partial charge is 0.481 e. The molecule has 1 heterocycles. The number of hydrogen-bond acceptors (Lipinski definition) is 1. The molecule has 0 aliphatic rings. The van der Waals surface area contributed by atoms with Gasteiger partial charge in [0.1, 0.15) is 0 Å². The average Bonchev–Trinajstić information content (AvgIpc) is 2.71. The fraction of sp³-hybridized carbons (Fsp3) is 0.133. The van der Waals surface area contributed by atoms with Gasteiger partial charge in [0.05, 0.1) is 6.42 Å². The van der Waals surface area contributed by atoms with E-state index < -0.39 is 5.97 Å². The summed E-state index contributed by atoms with van der Waals surface area (Å²) in [5, 5.41) is 11.2. The third kappa shape index (κ3) is 1.64. The summed E-state index contributed by atoms with van der Waals surface area (Å²) in [5.74, 6) is -0.767. The number of para-hydroxylation sites is 2. The second kappa shape index (κ2) is 4.18. The maximum Gasteiger partial charge on any atom is 1.00 e. The molecule has 3 aromatic rings. The molecule has 18 heavy (non-hydrogen) atoms. The predicted octanol–water partition coefficient (Wildman–Crippen LogP) is 3.38. The Kier molecular flexibility index (Phi) is 2.52. The number of nitrogens with zero attached hydrogens (tertiary/aromatic N) is 1. The molecule has 0 bridgehead atoms. The van der Waals surface area contributed by atoms with Crippen LogP contribution in [0.4, 0.5) is 0 Å². The van der Waals surface area contributed by atoms with E-state index >= 15 is 0 Å². The molecule has 1 aromatic heterocycles. The van der Waals surface area contributed by atoms with Crippen molar-refractivity contribution in [1.29, 1.82) is 0 Å². The lowest BCUT2D eigenvalue weighted by Crippen LogP contribution is -2.04. The van der Waals surface area contributed by atoms with E-state index in [9.17, 15) is 4.79 Å². The highest BCUT2D eigenvalue weighted by atomic mass is 16.4. The highest BCUT2D eigenvalue weighted by molar-refractivity contribution is 6.07. The summed E-state index contributed by atoms with van der Waals surface area (Å²) in [6.45, 7) is 0.503. The standard InChI is InChI=1S/C15H13NO2/c17-15(18)9-10-16-13-7-3-1-5-11(13)12-6-2-4-8-14(12)16/h1-8H,9-10H2,(H,17,18)/p+1. The van der Waals surface area contributed by atoms with E-state index in [1.54, 1.807) is 0 Å². The third-order valence-electron chi connectivity index (χ3n) is 3.23. The Bertz CT molecular complexity index is 680. The minimum atomic E-state index is -0.767. The van der Waals surface area contributed by atoms with Crippen LogP contribution in [-0.4, -0.2) is 15.6 Å². The number of rotatable bonds is 3. The van der Waals surface area contributed by atoms with E-state index in [2.05, 4.69) is 16.7 Å². The number of aromatic nitrogens is 1. The Morgan fingerprint density at radius 2 is 1.50 bits per heavy atom. The van der Waals surface area contributed by atoms with Gasteiger partial charge in [0.15, 0.2) is 0 Å². The van der Waals surface area contributed by atoms with Crippen LogP contribution in [0.3, 0.4) is 0 Å². The summed E-state index contributed by atoms with van der Waals surface area (Å²) in [6.07, 6.45) is 0.142. The van der Waals surface area contributed by atoms with Crippen molar-refractivity contribution in [3.8, 4) is 0 Å². The number of benzene rings is 2. The second-order valence-electron chi connectivity index (χ2n) is 4.33.